The summed E-state index contributed by atoms with van der Waals surface area (Å²) < 4.78 is 3.11. The topological polar surface area (TPSA) is 54.3 Å². The van der Waals surface area contributed by atoms with Gasteiger partial charge in [0.2, 0.25) is 5.91 Å². The Kier molecular flexibility index (Phi) is 5.30. The number of aromatic nitrogens is 1. The first-order valence-corrected chi connectivity index (χ1v) is 12.2. The molecular weight excluding hydrogens is 430 g/mol. The van der Waals surface area contributed by atoms with E-state index in [1.807, 2.05) is 53.3 Å². The van der Waals surface area contributed by atoms with Crippen molar-refractivity contribution in [2.45, 2.75) is 57.2 Å². The summed E-state index contributed by atoms with van der Waals surface area (Å²) in [6.07, 6.45) is 5.01. The van der Waals surface area contributed by atoms with E-state index >= 15 is 0 Å². The molecule has 1 N–H and O–H groups in total. The molecule has 1 aliphatic carbocycles. The molecular formula is C24H26ClN3O2S. The number of carbonyl (C=O) groups excluding carboxylic acids is 2. The van der Waals surface area contributed by atoms with Crippen LogP contribution in [0.25, 0.3) is 10.2 Å². The van der Waals surface area contributed by atoms with Crippen molar-refractivity contribution in [3.63, 3.8) is 0 Å². The Morgan fingerprint density at radius 2 is 1.97 bits per heavy atom. The van der Waals surface area contributed by atoms with Crippen LogP contribution >= 0.6 is 22.9 Å². The maximum atomic E-state index is 13.6. The van der Waals surface area contributed by atoms with Crippen LogP contribution in [0.5, 0.6) is 0 Å². The second-order valence-corrected chi connectivity index (χ2v) is 10.2. The number of fused-ring (bicyclic) bond motifs is 3. The van der Waals surface area contributed by atoms with Crippen molar-refractivity contribution in [2.24, 2.45) is 0 Å². The number of amides is 2. The molecule has 0 bridgehead atoms. The smallest absolute Gasteiger partial charge is 0.271 e. The normalized spacial score (nSPS) is 21.6. The predicted molar refractivity (Wildman–Crippen MR) is 125 cm³/mol. The molecule has 0 spiro atoms. The standard InChI is InChI=1S/C24H26ClN3O2S/c1-24(23(30)26-18-4-2-3-5-18)15-27-19-11-13-31-21(19)14-20(27)22(29)28(24)12-10-16-6-8-17(25)9-7-16/h6-9,11,13-14,18H,2-5,10,12,15H2,1H3,(H,26,30)/t24-/m0/s1. The van der Waals surface area contributed by atoms with E-state index in [0.717, 1.165) is 41.5 Å². The number of halogens is 1. The molecule has 7 heteroatoms. The average Bonchev–Trinajstić information content (AvgIpc) is 3.48. The zero-order chi connectivity index (χ0) is 21.6. The van der Waals surface area contributed by atoms with Crippen LogP contribution in [-0.2, 0) is 17.8 Å². The van der Waals surface area contributed by atoms with Crippen LogP contribution < -0.4 is 5.32 Å². The fraction of sp³-hybridized carbons (Fsp3) is 0.417. The molecule has 2 aromatic heterocycles. The molecule has 5 nitrogen and oxygen atoms in total. The number of hydrogen-bond donors (Lipinski definition) is 1. The number of hydrogen-bond acceptors (Lipinski definition) is 3. The highest BCUT2D eigenvalue weighted by Crippen LogP contribution is 2.35. The molecule has 1 fully saturated rings. The molecule has 1 atom stereocenters. The molecule has 0 unspecified atom stereocenters. The maximum Gasteiger partial charge on any atom is 0.271 e. The van der Waals surface area contributed by atoms with E-state index in [0.29, 0.717) is 30.2 Å². The van der Waals surface area contributed by atoms with Gasteiger partial charge in [-0.15, -0.1) is 11.3 Å². The van der Waals surface area contributed by atoms with Crippen molar-refractivity contribution in [1.29, 1.82) is 0 Å². The number of nitrogens with one attached hydrogen (secondary N) is 1. The van der Waals surface area contributed by atoms with Crippen LogP contribution in [0, 0.1) is 0 Å². The van der Waals surface area contributed by atoms with Crippen LogP contribution in [0.4, 0.5) is 0 Å². The summed E-state index contributed by atoms with van der Waals surface area (Å²) in [4.78, 5) is 29.0. The zero-order valence-electron chi connectivity index (χ0n) is 17.6. The molecule has 1 aromatic carbocycles. The minimum absolute atomic E-state index is 0.0495. The van der Waals surface area contributed by atoms with E-state index < -0.39 is 5.54 Å². The Morgan fingerprint density at radius 1 is 1.23 bits per heavy atom. The van der Waals surface area contributed by atoms with Gasteiger partial charge in [-0.1, -0.05) is 36.6 Å². The second kappa shape index (κ2) is 7.99. The van der Waals surface area contributed by atoms with Gasteiger partial charge < -0.3 is 14.8 Å². The summed E-state index contributed by atoms with van der Waals surface area (Å²) in [5.41, 5.74) is 1.86. The molecule has 1 aliphatic heterocycles. The summed E-state index contributed by atoms with van der Waals surface area (Å²) in [6, 6.07) is 11.9. The molecule has 162 valence electrons. The molecule has 2 amide bonds. The van der Waals surface area contributed by atoms with Gasteiger partial charge in [0.05, 0.1) is 16.8 Å². The highest BCUT2D eigenvalue weighted by molar-refractivity contribution is 7.17. The quantitative estimate of drug-likeness (QED) is 0.596. The lowest BCUT2D eigenvalue weighted by Gasteiger charge is -2.44. The lowest BCUT2D eigenvalue weighted by Crippen LogP contribution is -2.65. The molecule has 0 radical (unpaired) electrons. The minimum atomic E-state index is -0.938. The number of thiophene rings is 1. The summed E-state index contributed by atoms with van der Waals surface area (Å²) in [6.45, 7) is 2.86. The fourth-order valence-electron chi connectivity index (χ4n) is 4.93. The van der Waals surface area contributed by atoms with Gasteiger partial charge in [0, 0.05) is 17.6 Å². The van der Waals surface area contributed by atoms with E-state index in [9.17, 15) is 9.59 Å². The first-order chi connectivity index (χ1) is 15.0. The molecule has 0 saturated heterocycles. The van der Waals surface area contributed by atoms with E-state index in [4.69, 9.17) is 11.6 Å². The van der Waals surface area contributed by atoms with Gasteiger partial charge in [-0.05, 0) is 61.4 Å². The monoisotopic (exact) mass is 455 g/mol. The summed E-state index contributed by atoms with van der Waals surface area (Å²) in [5.74, 6) is -0.126. The van der Waals surface area contributed by atoms with Crippen LogP contribution in [0.3, 0.4) is 0 Å². The van der Waals surface area contributed by atoms with Gasteiger partial charge in [0.15, 0.2) is 0 Å². The van der Waals surface area contributed by atoms with Crippen molar-refractivity contribution in [1.82, 2.24) is 14.8 Å². The highest BCUT2D eigenvalue weighted by atomic mass is 35.5. The average molecular weight is 456 g/mol. The molecule has 2 aliphatic rings. The predicted octanol–water partition coefficient (Wildman–Crippen LogP) is 4.87. The Labute approximate surface area is 191 Å². The number of carbonyl (C=O) groups is 2. The van der Waals surface area contributed by atoms with Gasteiger partial charge in [0.25, 0.3) is 5.91 Å². The lowest BCUT2D eigenvalue weighted by atomic mass is 9.93. The van der Waals surface area contributed by atoms with Crippen molar-refractivity contribution in [3.8, 4) is 0 Å². The third kappa shape index (κ3) is 3.66. The summed E-state index contributed by atoms with van der Waals surface area (Å²) in [5, 5.41) is 5.97. The van der Waals surface area contributed by atoms with Crippen LogP contribution in [0.1, 0.15) is 48.7 Å². The number of nitrogens with zero attached hydrogens (tertiary/aromatic N) is 2. The van der Waals surface area contributed by atoms with Crippen molar-refractivity contribution >= 4 is 45.0 Å². The van der Waals surface area contributed by atoms with Crippen LogP contribution in [-0.4, -0.2) is 39.4 Å². The van der Waals surface area contributed by atoms with Gasteiger partial charge >= 0.3 is 0 Å². The highest BCUT2D eigenvalue weighted by Gasteiger charge is 2.48. The van der Waals surface area contributed by atoms with Gasteiger partial charge in [-0.3, -0.25) is 9.59 Å². The lowest BCUT2D eigenvalue weighted by molar-refractivity contribution is -0.133. The second-order valence-electron chi connectivity index (χ2n) is 8.85. The molecule has 1 saturated carbocycles. The Balaban J connectivity index is 1.48. The third-order valence-corrected chi connectivity index (χ3v) is 7.87. The summed E-state index contributed by atoms with van der Waals surface area (Å²) in [7, 11) is 0. The van der Waals surface area contributed by atoms with E-state index in [-0.39, 0.29) is 17.9 Å². The van der Waals surface area contributed by atoms with Crippen molar-refractivity contribution in [2.75, 3.05) is 6.54 Å². The Hall–Kier alpha value is -2.31. The Bertz CT molecular complexity index is 1130. The molecule has 5 rings (SSSR count). The van der Waals surface area contributed by atoms with Gasteiger partial charge in [-0.25, -0.2) is 0 Å². The van der Waals surface area contributed by atoms with Crippen molar-refractivity contribution < 1.29 is 9.59 Å². The number of rotatable bonds is 5. The summed E-state index contributed by atoms with van der Waals surface area (Å²) >= 11 is 7.64. The molecule has 31 heavy (non-hydrogen) atoms. The van der Waals surface area contributed by atoms with E-state index in [1.54, 1.807) is 16.2 Å². The SMILES string of the molecule is C[C@@]1(C(=O)NC2CCCC2)Cn2c(cc3sccc32)C(=O)N1CCc1ccc(Cl)cc1. The van der Waals surface area contributed by atoms with Crippen LogP contribution in [0.15, 0.2) is 41.8 Å². The van der Waals surface area contributed by atoms with Gasteiger partial charge in [0.1, 0.15) is 11.2 Å². The van der Waals surface area contributed by atoms with E-state index in [2.05, 4.69) is 5.32 Å². The van der Waals surface area contributed by atoms with Gasteiger partial charge in [-0.2, -0.15) is 0 Å². The first-order valence-electron chi connectivity index (χ1n) is 10.9. The molecule has 3 aromatic rings. The first kappa shape index (κ1) is 20.6. The molecule has 3 heterocycles. The Morgan fingerprint density at radius 3 is 2.71 bits per heavy atom. The van der Waals surface area contributed by atoms with Crippen LogP contribution in [0.2, 0.25) is 5.02 Å². The zero-order valence-corrected chi connectivity index (χ0v) is 19.1. The minimum Gasteiger partial charge on any atom is -0.351 e. The maximum absolute atomic E-state index is 13.6. The van der Waals surface area contributed by atoms with Crippen molar-refractivity contribution in [3.05, 3.63) is 58.1 Å². The largest absolute Gasteiger partial charge is 0.351 e. The third-order valence-electron chi connectivity index (χ3n) is 6.77. The van der Waals surface area contributed by atoms with E-state index in [1.165, 1.54) is 0 Å². The fourth-order valence-corrected chi connectivity index (χ4v) is 5.87. The number of benzene rings is 1.